The van der Waals surface area contributed by atoms with Crippen molar-refractivity contribution in [2.75, 3.05) is 19.6 Å². The molecular weight excluding hydrogens is 326 g/mol. The fourth-order valence-electron chi connectivity index (χ4n) is 3.39. The summed E-state index contributed by atoms with van der Waals surface area (Å²) in [6, 6.07) is 13.9. The molecule has 3 rings (SSSR count). The fourth-order valence-corrected chi connectivity index (χ4v) is 3.39. The number of amides is 1. The summed E-state index contributed by atoms with van der Waals surface area (Å²) in [7, 11) is 0. The second-order valence-corrected chi connectivity index (χ2v) is 6.27. The van der Waals surface area contributed by atoms with E-state index in [1.54, 1.807) is 6.07 Å². The van der Waals surface area contributed by atoms with Gasteiger partial charge in [0.15, 0.2) is 5.96 Å². The van der Waals surface area contributed by atoms with E-state index in [2.05, 4.69) is 40.4 Å². The Morgan fingerprint density at radius 3 is 2.42 bits per heavy atom. The maximum Gasteiger partial charge on any atom is 0.280 e. The first-order chi connectivity index (χ1) is 12.5. The normalized spacial score (nSPS) is 11.3. The van der Waals surface area contributed by atoms with Crippen LogP contribution >= 0.6 is 0 Å². The smallest absolute Gasteiger partial charge is 0.280 e. The van der Waals surface area contributed by atoms with Crippen LogP contribution in [0.4, 0.5) is 0 Å². The van der Waals surface area contributed by atoms with Crippen LogP contribution in [0, 0.1) is 0 Å². The van der Waals surface area contributed by atoms with E-state index in [-0.39, 0.29) is 5.96 Å². The summed E-state index contributed by atoms with van der Waals surface area (Å²) in [5.41, 5.74) is 13.4. The topological polar surface area (TPSA) is 89.6 Å². The van der Waals surface area contributed by atoms with Crippen LogP contribution in [0.25, 0.3) is 21.8 Å². The quantitative estimate of drug-likeness (QED) is 0.527. The predicted molar refractivity (Wildman–Crippen MR) is 107 cm³/mol. The first-order valence-electron chi connectivity index (χ1n) is 8.92. The van der Waals surface area contributed by atoms with Gasteiger partial charge in [0, 0.05) is 40.5 Å². The van der Waals surface area contributed by atoms with Gasteiger partial charge in [0.05, 0.1) is 0 Å². The van der Waals surface area contributed by atoms with Crippen LogP contribution in [0.15, 0.2) is 47.5 Å². The van der Waals surface area contributed by atoms with Gasteiger partial charge in [0.2, 0.25) is 0 Å². The largest absolute Gasteiger partial charge is 0.370 e. The zero-order valence-electron chi connectivity index (χ0n) is 15.3. The van der Waals surface area contributed by atoms with Crippen molar-refractivity contribution in [3.63, 3.8) is 0 Å². The van der Waals surface area contributed by atoms with Gasteiger partial charge in [-0.1, -0.05) is 38.1 Å². The molecule has 1 aromatic heterocycles. The predicted octanol–water partition coefficient (Wildman–Crippen LogP) is 2.55. The number of likely N-dealkylation sites (N-methyl/N-ethyl adjacent to an activating group) is 1. The number of para-hydroxylation sites is 1. The highest BCUT2D eigenvalue weighted by Crippen LogP contribution is 2.29. The van der Waals surface area contributed by atoms with Crippen molar-refractivity contribution in [3.05, 3.63) is 48.0 Å². The number of nitrogens with zero attached hydrogens (tertiary/aromatic N) is 3. The lowest BCUT2D eigenvalue weighted by molar-refractivity contribution is 0.100. The number of hydrogen-bond acceptors (Lipinski definition) is 2. The lowest BCUT2D eigenvalue weighted by Crippen LogP contribution is -2.27. The van der Waals surface area contributed by atoms with Gasteiger partial charge in [0.25, 0.3) is 5.91 Å². The average molecular weight is 351 g/mol. The van der Waals surface area contributed by atoms with Crippen LogP contribution in [-0.4, -0.2) is 41.0 Å². The molecule has 0 aliphatic rings. The molecule has 0 aliphatic heterocycles. The first kappa shape index (κ1) is 17.9. The molecule has 6 nitrogen and oxygen atoms in total. The number of carbonyl (C=O) groups is 1. The number of guanidine groups is 1. The summed E-state index contributed by atoms with van der Waals surface area (Å²) in [6.07, 6.45) is 0. The van der Waals surface area contributed by atoms with E-state index in [0.29, 0.717) is 5.56 Å². The minimum atomic E-state index is -0.424. The van der Waals surface area contributed by atoms with Crippen LogP contribution in [0.2, 0.25) is 0 Å². The van der Waals surface area contributed by atoms with Gasteiger partial charge in [-0.25, -0.2) is 0 Å². The lowest BCUT2D eigenvalue weighted by atomic mass is 10.1. The molecule has 0 fully saturated rings. The monoisotopic (exact) mass is 351 g/mol. The Balaban J connectivity index is 2.12. The molecular formula is C20H25N5O. The summed E-state index contributed by atoms with van der Waals surface area (Å²) >= 11 is 0. The highest BCUT2D eigenvalue weighted by molar-refractivity contribution is 6.11. The molecule has 0 spiro atoms. The number of rotatable bonds is 6. The van der Waals surface area contributed by atoms with Crippen LogP contribution < -0.4 is 11.5 Å². The van der Waals surface area contributed by atoms with Crippen molar-refractivity contribution in [1.29, 1.82) is 0 Å². The van der Waals surface area contributed by atoms with Gasteiger partial charge < -0.3 is 20.9 Å². The highest BCUT2D eigenvalue weighted by Gasteiger charge is 2.14. The molecule has 4 N–H and O–H groups in total. The number of fused-ring (bicyclic) bond motifs is 3. The molecule has 0 bridgehead atoms. The summed E-state index contributed by atoms with van der Waals surface area (Å²) in [6.45, 7) is 8.17. The molecule has 0 radical (unpaired) electrons. The van der Waals surface area contributed by atoms with Crippen molar-refractivity contribution in [3.8, 4) is 0 Å². The number of hydrogen-bond donors (Lipinski definition) is 2. The van der Waals surface area contributed by atoms with Gasteiger partial charge in [-0.3, -0.25) is 4.79 Å². The molecule has 1 heterocycles. The van der Waals surface area contributed by atoms with E-state index in [1.807, 2.05) is 24.3 Å². The number of aromatic nitrogens is 1. The van der Waals surface area contributed by atoms with Crippen LogP contribution in [0.3, 0.4) is 0 Å². The van der Waals surface area contributed by atoms with Crippen molar-refractivity contribution < 1.29 is 4.79 Å². The van der Waals surface area contributed by atoms with Crippen molar-refractivity contribution in [2.45, 2.75) is 20.4 Å². The SMILES string of the molecule is CCN(CC)CCn1c2ccccc2c2ccc(C(=O)N=C(N)N)cc21. The number of aliphatic imine (C=N–C) groups is 1. The zero-order chi connectivity index (χ0) is 18.7. The van der Waals surface area contributed by atoms with Gasteiger partial charge in [0.1, 0.15) is 0 Å². The molecule has 3 aromatic rings. The Bertz CT molecular complexity index is 965. The lowest BCUT2D eigenvalue weighted by Gasteiger charge is -2.19. The third-order valence-electron chi connectivity index (χ3n) is 4.79. The second-order valence-electron chi connectivity index (χ2n) is 6.27. The van der Waals surface area contributed by atoms with Crippen LogP contribution in [-0.2, 0) is 6.54 Å². The van der Waals surface area contributed by atoms with E-state index in [9.17, 15) is 4.79 Å². The molecule has 26 heavy (non-hydrogen) atoms. The van der Waals surface area contributed by atoms with E-state index in [0.717, 1.165) is 37.1 Å². The third-order valence-corrected chi connectivity index (χ3v) is 4.79. The number of nitrogens with two attached hydrogens (primary N) is 2. The zero-order valence-corrected chi connectivity index (χ0v) is 15.3. The van der Waals surface area contributed by atoms with E-state index in [1.165, 1.54) is 10.9 Å². The number of benzene rings is 2. The van der Waals surface area contributed by atoms with E-state index in [4.69, 9.17) is 11.5 Å². The Kier molecular flexibility index (Phi) is 5.23. The van der Waals surface area contributed by atoms with Crippen LogP contribution in [0.1, 0.15) is 24.2 Å². The standard InChI is InChI=1S/C20H25N5O/c1-3-24(4-2)11-12-25-17-8-6-5-7-15(17)16-10-9-14(13-18(16)25)19(26)23-20(21)22/h5-10,13H,3-4,11-12H2,1-2H3,(H4,21,22,23,26). The van der Waals surface area contributed by atoms with E-state index >= 15 is 0 Å². The molecule has 0 aliphatic carbocycles. The minimum Gasteiger partial charge on any atom is -0.370 e. The molecule has 0 atom stereocenters. The van der Waals surface area contributed by atoms with Crippen LogP contribution in [0.5, 0.6) is 0 Å². The minimum absolute atomic E-state index is 0.225. The molecule has 0 saturated heterocycles. The maximum absolute atomic E-state index is 12.2. The Morgan fingerprint density at radius 2 is 1.73 bits per heavy atom. The maximum atomic E-state index is 12.2. The molecule has 0 saturated carbocycles. The first-order valence-corrected chi connectivity index (χ1v) is 8.92. The Hall–Kier alpha value is -2.86. The summed E-state index contributed by atoms with van der Waals surface area (Å²) in [4.78, 5) is 18.3. The molecule has 1 amide bonds. The van der Waals surface area contributed by atoms with E-state index < -0.39 is 5.91 Å². The fraction of sp³-hybridized carbons (Fsp3) is 0.300. The molecule has 2 aromatic carbocycles. The Labute approximate surface area is 153 Å². The molecule has 0 unspecified atom stereocenters. The number of carbonyl (C=O) groups excluding carboxylic acids is 1. The van der Waals surface area contributed by atoms with Gasteiger partial charge in [-0.2, -0.15) is 4.99 Å². The second kappa shape index (κ2) is 7.58. The van der Waals surface area contributed by atoms with Gasteiger partial charge >= 0.3 is 0 Å². The highest BCUT2D eigenvalue weighted by atomic mass is 16.1. The molecule has 136 valence electrons. The third kappa shape index (κ3) is 3.41. The summed E-state index contributed by atoms with van der Waals surface area (Å²) in [5.74, 6) is -0.648. The summed E-state index contributed by atoms with van der Waals surface area (Å²) in [5, 5.41) is 2.31. The molecule has 6 heteroatoms. The van der Waals surface area contributed by atoms with Crippen molar-refractivity contribution >= 4 is 33.7 Å². The average Bonchev–Trinajstić information content (AvgIpc) is 2.95. The summed E-state index contributed by atoms with van der Waals surface area (Å²) < 4.78 is 2.27. The van der Waals surface area contributed by atoms with Crippen molar-refractivity contribution in [1.82, 2.24) is 9.47 Å². The van der Waals surface area contributed by atoms with Gasteiger partial charge in [-0.05, 0) is 31.3 Å². The van der Waals surface area contributed by atoms with Crippen molar-refractivity contribution in [2.24, 2.45) is 16.5 Å². The Morgan fingerprint density at radius 1 is 1.04 bits per heavy atom. The van der Waals surface area contributed by atoms with Gasteiger partial charge in [-0.15, -0.1) is 0 Å².